The van der Waals surface area contributed by atoms with Gasteiger partial charge in [0.2, 0.25) is 0 Å². The lowest BCUT2D eigenvalue weighted by Gasteiger charge is -2.28. The van der Waals surface area contributed by atoms with Crippen LogP contribution in [0.5, 0.6) is 0 Å². The van der Waals surface area contributed by atoms with Crippen LogP contribution in [0, 0.1) is 16.6 Å². The van der Waals surface area contributed by atoms with E-state index in [-0.39, 0.29) is 17.0 Å². The van der Waals surface area contributed by atoms with Crippen molar-refractivity contribution in [1.29, 1.82) is 0 Å². The first-order valence-electron chi connectivity index (χ1n) is 7.40. The fourth-order valence-electron chi connectivity index (χ4n) is 4.15. The number of carbonyl (C=O) groups excluding carboxylic acids is 2. The maximum absolute atomic E-state index is 13.1. The van der Waals surface area contributed by atoms with Crippen LogP contribution in [0.25, 0.3) is 5.57 Å². The summed E-state index contributed by atoms with van der Waals surface area (Å²) in [5.74, 6) is -0.720. The smallest absolute Gasteiger partial charge is 0.319 e. The van der Waals surface area contributed by atoms with Gasteiger partial charge in [0, 0.05) is 6.42 Å². The standard InChI is InChI=1S/C18H19FO3/c1-11(12-4-6-13(19)7-5-12)14-8-18(16(21)22-3)10-17(14,2)9-15(18)20/h4-7H,8-10H2,1-3H3/b14-11-. The lowest BCUT2D eigenvalue weighted by Crippen LogP contribution is -2.36. The van der Waals surface area contributed by atoms with Crippen molar-refractivity contribution < 1.29 is 18.7 Å². The molecule has 0 saturated heterocycles. The highest BCUT2D eigenvalue weighted by atomic mass is 19.1. The molecular weight excluding hydrogens is 283 g/mol. The molecule has 2 unspecified atom stereocenters. The second kappa shape index (κ2) is 4.77. The van der Waals surface area contributed by atoms with E-state index in [2.05, 4.69) is 0 Å². The first-order valence-corrected chi connectivity index (χ1v) is 7.40. The third-order valence-corrected chi connectivity index (χ3v) is 5.29. The summed E-state index contributed by atoms with van der Waals surface area (Å²) in [6, 6.07) is 6.33. The van der Waals surface area contributed by atoms with Gasteiger partial charge in [-0.15, -0.1) is 0 Å². The molecule has 0 radical (unpaired) electrons. The number of benzene rings is 1. The van der Waals surface area contributed by atoms with Gasteiger partial charge in [-0.3, -0.25) is 9.59 Å². The number of ether oxygens (including phenoxy) is 1. The molecule has 1 aromatic carbocycles. The molecular formula is C18H19FO3. The number of hydrogen-bond acceptors (Lipinski definition) is 3. The van der Waals surface area contributed by atoms with E-state index in [0.29, 0.717) is 19.3 Å². The maximum atomic E-state index is 13.1. The molecule has 0 N–H and O–H groups in total. The molecule has 2 fully saturated rings. The first kappa shape index (κ1) is 14.9. The Morgan fingerprint density at radius 1 is 1.23 bits per heavy atom. The summed E-state index contributed by atoms with van der Waals surface area (Å²) in [6.07, 6.45) is 1.30. The fourth-order valence-corrected chi connectivity index (χ4v) is 4.15. The minimum Gasteiger partial charge on any atom is -0.468 e. The molecule has 0 aromatic heterocycles. The van der Waals surface area contributed by atoms with Gasteiger partial charge in [0.25, 0.3) is 0 Å². The van der Waals surface area contributed by atoms with Gasteiger partial charge >= 0.3 is 5.97 Å². The van der Waals surface area contributed by atoms with Gasteiger partial charge in [-0.2, -0.15) is 0 Å². The van der Waals surface area contributed by atoms with Crippen LogP contribution >= 0.6 is 0 Å². The van der Waals surface area contributed by atoms with E-state index in [9.17, 15) is 14.0 Å². The van der Waals surface area contributed by atoms with Crippen molar-refractivity contribution >= 4 is 17.3 Å². The Morgan fingerprint density at radius 2 is 1.86 bits per heavy atom. The molecule has 0 spiro atoms. The van der Waals surface area contributed by atoms with E-state index < -0.39 is 11.4 Å². The monoisotopic (exact) mass is 302 g/mol. The van der Waals surface area contributed by atoms with Crippen LogP contribution in [-0.2, 0) is 14.3 Å². The number of fused-ring (bicyclic) bond motifs is 2. The number of ketones is 1. The summed E-state index contributed by atoms with van der Waals surface area (Å²) >= 11 is 0. The van der Waals surface area contributed by atoms with Crippen molar-refractivity contribution in [2.75, 3.05) is 7.11 Å². The molecule has 3 rings (SSSR count). The molecule has 2 saturated carbocycles. The predicted octanol–water partition coefficient (Wildman–Crippen LogP) is 3.53. The molecule has 2 aliphatic carbocycles. The zero-order valence-electron chi connectivity index (χ0n) is 13.0. The van der Waals surface area contributed by atoms with E-state index in [1.807, 2.05) is 13.8 Å². The van der Waals surface area contributed by atoms with Gasteiger partial charge in [0.05, 0.1) is 7.11 Å². The summed E-state index contributed by atoms with van der Waals surface area (Å²) in [7, 11) is 1.33. The lowest BCUT2D eigenvalue weighted by molar-refractivity contribution is -0.156. The summed E-state index contributed by atoms with van der Waals surface area (Å²) in [5, 5.41) is 0. The fraction of sp³-hybridized carbons (Fsp3) is 0.444. The second-order valence-corrected chi connectivity index (χ2v) is 6.70. The van der Waals surface area contributed by atoms with E-state index in [1.165, 1.54) is 19.2 Å². The van der Waals surface area contributed by atoms with Gasteiger partial charge in [-0.1, -0.05) is 24.6 Å². The predicted molar refractivity (Wildman–Crippen MR) is 80.4 cm³/mol. The van der Waals surface area contributed by atoms with Crippen molar-refractivity contribution in [3.63, 3.8) is 0 Å². The maximum Gasteiger partial charge on any atom is 0.319 e. The molecule has 0 amide bonds. The lowest BCUT2D eigenvalue weighted by atomic mass is 9.75. The number of Topliss-reactive ketones (excluding diaryl/α,β-unsaturated/α-hetero) is 1. The molecule has 0 heterocycles. The minimum absolute atomic E-state index is 0.0162. The highest BCUT2D eigenvalue weighted by Crippen LogP contribution is 2.63. The van der Waals surface area contributed by atoms with Crippen LogP contribution < -0.4 is 0 Å². The van der Waals surface area contributed by atoms with Crippen LogP contribution in [0.15, 0.2) is 29.8 Å². The Hall–Kier alpha value is -1.97. The highest BCUT2D eigenvalue weighted by Gasteiger charge is 2.65. The minimum atomic E-state index is -1.01. The van der Waals surface area contributed by atoms with E-state index in [0.717, 1.165) is 16.7 Å². The van der Waals surface area contributed by atoms with Crippen LogP contribution in [0.4, 0.5) is 4.39 Å². The SMILES string of the molecule is COC(=O)C12C/C(=C(\C)c3ccc(F)cc3)C(C)(CC1=O)C2. The van der Waals surface area contributed by atoms with Crippen LogP contribution in [0.1, 0.15) is 38.7 Å². The number of hydrogen-bond donors (Lipinski definition) is 0. The largest absolute Gasteiger partial charge is 0.468 e. The summed E-state index contributed by atoms with van der Waals surface area (Å²) in [6.45, 7) is 4.01. The van der Waals surface area contributed by atoms with Gasteiger partial charge in [-0.05, 0) is 48.4 Å². The first-order chi connectivity index (χ1) is 10.3. The van der Waals surface area contributed by atoms with E-state index >= 15 is 0 Å². The molecule has 4 heteroatoms. The summed E-state index contributed by atoms with van der Waals surface area (Å²) in [5.41, 5.74) is 1.76. The average molecular weight is 302 g/mol. The molecule has 116 valence electrons. The molecule has 3 nitrogen and oxygen atoms in total. The zero-order chi connectivity index (χ0) is 16.1. The van der Waals surface area contributed by atoms with Crippen LogP contribution in [0.2, 0.25) is 0 Å². The van der Waals surface area contributed by atoms with Crippen LogP contribution in [-0.4, -0.2) is 18.9 Å². The van der Waals surface area contributed by atoms with Gasteiger partial charge < -0.3 is 4.74 Å². The zero-order valence-corrected chi connectivity index (χ0v) is 13.0. The topological polar surface area (TPSA) is 43.4 Å². The van der Waals surface area contributed by atoms with E-state index in [4.69, 9.17) is 4.74 Å². The highest BCUT2D eigenvalue weighted by molar-refractivity contribution is 6.08. The normalized spacial score (nSPS) is 32.3. The average Bonchev–Trinajstić information content (AvgIpc) is 2.94. The van der Waals surface area contributed by atoms with Crippen molar-refractivity contribution in [1.82, 2.24) is 0 Å². The summed E-state index contributed by atoms with van der Waals surface area (Å²) in [4.78, 5) is 24.5. The van der Waals surface area contributed by atoms with Gasteiger partial charge in [0.1, 0.15) is 11.2 Å². The number of allylic oxidation sites excluding steroid dienone is 2. The molecule has 2 atom stereocenters. The number of carbonyl (C=O) groups is 2. The van der Waals surface area contributed by atoms with Crippen molar-refractivity contribution in [3.05, 3.63) is 41.2 Å². The van der Waals surface area contributed by atoms with Crippen LogP contribution in [0.3, 0.4) is 0 Å². The Bertz CT molecular complexity index is 679. The van der Waals surface area contributed by atoms with E-state index in [1.54, 1.807) is 12.1 Å². The van der Waals surface area contributed by atoms with Crippen molar-refractivity contribution in [2.45, 2.75) is 33.1 Å². The number of halogens is 1. The Balaban J connectivity index is 2.07. The number of methoxy groups -OCH3 is 1. The molecule has 2 aliphatic rings. The third-order valence-electron chi connectivity index (χ3n) is 5.29. The number of esters is 1. The Kier molecular flexibility index (Phi) is 3.24. The molecule has 0 aliphatic heterocycles. The Labute approximate surface area is 129 Å². The quantitative estimate of drug-likeness (QED) is 0.620. The van der Waals surface area contributed by atoms with Crippen molar-refractivity contribution in [2.24, 2.45) is 10.8 Å². The molecule has 2 bridgehead atoms. The van der Waals surface area contributed by atoms with Gasteiger partial charge in [0.15, 0.2) is 5.78 Å². The summed E-state index contributed by atoms with van der Waals surface area (Å²) < 4.78 is 18.0. The number of rotatable bonds is 2. The Morgan fingerprint density at radius 3 is 2.45 bits per heavy atom. The molecule has 22 heavy (non-hydrogen) atoms. The van der Waals surface area contributed by atoms with Gasteiger partial charge in [-0.25, -0.2) is 4.39 Å². The third kappa shape index (κ3) is 1.93. The molecule has 1 aromatic rings. The second-order valence-electron chi connectivity index (χ2n) is 6.70. The van der Waals surface area contributed by atoms with Crippen molar-refractivity contribution in [3.8, 4) is 0 Å².